The highest BCUT2D eigenvalue weighted by Crippen LogP contribution is 2.17. The number of hydrogen-bond acceptors (Lipinski definition) is 5. The van der Waals surface area contributed by atoms with E-state index >= 15 is 0 Å². The third kappa shape index (κ3) is 5.23. The number of fused-ring (bicyclic) bond motifs is 1. The van der Waals surface area contributed by atoms with Gasteiger partial charge < -0.3 is 25.1 Å². The van der Waals surface area contributed by atoms with Crippen LogP contribution in [0.4, 0.5) is 4.79 Å². The Kier molecular flexibility index (Phi) is 7.02. The lowest BCUT2D eigenvalue weighted by Gasteiger charge is -2.16. The number of carbonyl (C=O) groups is 3. The van der Waals surface area contributed by atoms with Crippen LogP contribution < -0.4 is 10.6 Å². The first-order valence-corrected chi connectivity index (χ1v) is 8.29. The Morgan fingerprint density at radius 3 is 2.65 bits per heavy atom. The van der Waals surface area contributed by atoms with Crippen molar-refractivity contribution >= 4 is 28.9 Å². The first-order valence-electron chi connectivity index (χ1n) is 8.29. The number of urea groups is 1. The number of ether oxygens (including phenoxy) is 2. The Labute approximate surface area is 151 Å². The fraction of sp³-hybridized carbons (Fsp3) is 0.389. The standard InChI is InChI=1S/C18H23N3O5/c1-25-16(22)8-7-15(17(23)26-2)21-18(24)19-10-9-12-11-20-14-6-4-3-5-13(12)14/h3-6,11,15,20H,7-10H2,1-2H3,(H2,19,21,24)/t15-/m0/s1. The third-order valence-corrected chi connectivity index (χ3v) is 4.01. The van der Waals surface area contributed by atoms with Crippen LogP contribution in [0.25, 0.3) is 10.9 Å². The molecule has 2 amide bonds. The molecule has 1 heterocycles. The lowest BCUT2D eigenvalue weighted by molar-refractivity contribution is -0.144. The van der Waals surface area contributed by atoms with Crippen molar-refractivity contribution in [3.63, 3.8) is 0 Å². The molecule has 1 aromatic carbocycles. The second-order valence-corrected chi connectivity index (χ2v) is 5.70. The van der Waals surface area contributed by atoms with Crippen LogP contribution in [0.5, 0.6) is 0 Å². The quantitative estimate of drug-likeness (QED) is 0.618. The summed E-state index contributed by atoms with van der Waals surface area (Å²) in [5, 5.41) is 6.34. The Bertz CT molecular complexity index is 771. The van der Waals surface area contributed by atoms with Crippen LogP contribution in [-0.2, 0) is 25.5 Å². The number of nitrogens with one attached hydrogen (secondary N) is 3. The molecule has 0 saturated carbocycles. The molecule has 140 valence electrons. The molecule has 2 aromatic rings. The molecule has 0 radical (unpaired) electrons. The number of para-hydroxylation sites is 1. The van der Waals surface area contributed by atoms with Crippen LogP contribution in [-0.4, -0.2) is 49.8 Å². The summed E-state index contributed by atoms with van der Waals surface area (Å²) in [7, 11) is 2.49. The van der Waals surface area contributed by atoms with E-state index in [0.29, 0.717) is 13.0 Å². The summed E-state index contributed by atoms with van der Waals surface area (Å²) < 4.78 is 9.19. The maximum absolute atomic E-state index is 12.0. The van der Waals surface area contributed by atoms with Gasteiger partial charge in [0, 0.05) is 30.1 Å². The molecule has 1 atom stereocenters. The number of H-pyrrole nitrogens is 1. The van der Waals surface area contributed by atoms with E-state index in [1.807, 2.05) is 30.5 Å². The summed E-state index contributed by atoms with van der Waals surface area (Å²) in [5.74, 6) is -1.07. The molecule has 0 bridgehead atoms. The van der Waals surface area contributed by atoms with Crippen LogP contribution in [0.2, 0.25) is 0 Å². The minimum Gasteiger partial charge on any atom is -0.469 e. The van der Waals surface area contributed by atoms with Gasteiger partial charge in [-0.2, -0.15) is 0 Å². The van der Waals surface area contributed by atoms with Crippen LogP contribution in [0.3, 0.4) is 0 Å². The van der Waals surface area contributed by atoms with Gasteiger partial charge in [-0.15, -0.1) is 0 Å². The summed E-state index contributed by atoms with van der Waals surface area (Å²) in [6.45, 7) is 0.401. The van der Waals surface area contributed by atoms with Crippen molar-refractivity contribution in [2.75, 3.05) is 20.8 Å². The van der Waals surface area contributed by atoms with Crippen molar-refractivity contribution in [1.82, 2.24) is 15.6 Å². The van der Waals surface area contributed by atoms with Crippen LogP contribution in [0, 0.1) is 0 Å². The van der Waals surface area contributed by atoms with E-state index in [4.69, 9.17) is 0 Å². The van der Waals surface area contributed by atoms with E-state index in [-0.39, 0.29) is 12.8 Å². The predicted molar refractivity (Wildman–Crippen MR) is 95.6 cm³/mol. The molecule has 1 aromatic heterocycles. The summed E-state index contributed by atoms with van der Waals surface area (Å²) in [5.41, 5.74) is 2.14. The molecular formula is C18H23N3O5. The second-order valence-electron chi connectivity index (χ2n) is 5.70. The lowest BCUT2D eigenvalue weighted by Crippen LogP contribution is -2.47. The maximum Gasteiger partial charge on any atom is 0.328 e. The molecular weight excluding hydrogens is 338 g/mol. The van der Waals surface area contributed by atoms with Gasteiger partial charge in [-0.25, -0.2) is 9.59 Å². The highest BCUT2D eigenvalue weighted by atomic mass is 16.5. The average Bonchev–Trinajstić information content (AvgIpc) is 3.07. The van der Waals surface area contributed by atoms with Crippen molar-refractivity contribution in [2.45, 2.75) is 25.3 Å². The van der Waals surface area contributed by atoms with E-state index in [2.05, 4.69) is 25.1 Å². The SMILES string of the molecule is COC(=O)CC[C@H](NC(=O)NCCc1c[nH]c2ccccc12)C(=O)OC. The fourth-order valence-electron chi connectivity index (χ4n) is 2.61. The summed E-state index contributed by atoms with van der Waals surface area (Å²) in [4.78, 5) is 38.2. The molecule has 0 aliphatic carbocycles. The lowest BCUT2D eigenvalue weighted by atomic mass is 10.1. The van der Waals surface area contributed by atoms with E-state index in [9.17, 15) is 14.4 Å². The molecule has 0 aliphatic rings. The number of methoxy groups -OCH3 is 2. The fourth-order valence-corrected chi connectivity index (χ4v) is 2.61. The zero-order valence-corrected chi connectivity index (χ0v) is 14.8. The van der Waals surface area contributed by atoms with Crippen LogP contribution in [0.1, 0.15) is 18.4 Å². The topological polar surface area (TPSA) is 110 Å². The highest BCUT2D eigenvalue weighted by molar-refractivity contribution is 5.84. The van der Waals surface area contributed by atoms with Crippen LogP contribution in [0.15, 0.2) is 30.5 Å². The number of benzene rings is 1. The van der Waals surface area contributed by atoms with Crippen molar-refractivity contribution in [2.24, 2.45) is 0 Å². The first kappa shape index (κ1) is 19.3. The van der Waals surface area contributed by atoms with Gasteiger partial charge in [-0.1, -0.05) is 18.2 Å². The van der Waals surface area contributed by atoms with E-state index in [1.165, 1.54) is 14.2 Å². The minimum absolute atomic E-state index is 0.00584. The zero-order chi connectivity index (χ0) is 18.9. The molecule has 26 heavy (non-hydrogen) atoms. The van der Waals surface area contributed by atoms with Gasteiger partial charge in [-0.3, -0.25) is 4.79 Å². The Balaban J connectivity index is 1.83. The summed E-state index contributed by atoms with van der Waals surface area (Å²) in [6.07, 6.45) is 2.67. The minimum atomic E-state index is -0.910. The molecule has 0 spiro atoms. The molecule has 3 N–H and O–H groups in total. The van der Waals surface area contributed by atoms with Gasteiger partial charge in [0.25, 0.3) is 0 Å². The largest absolute Gasteiger partial charge is 0.469 e. The van der Waals surface area contributed by atoms with Gasteiger partial charge in [-0.05, 0) is 24.5 Å². The van der Waals surface area contributed by atoms with Gasteiger partial charge in [0.1, 0.15) is 6.04 Å². The number of rotatable bonds is 8. The number of aromatic amines is 1. The normalized spacial score (nSPS) is 11.6. The van der Waals surface area contributed by atoms with E-state index in [1.54, 1.807) is 0 Å². The van der Waals surface area contributed by atoms with Gasteiger partial charge in [0.05, 0.1) is 14.2 Å². The van der Waals surface area contributed by atoms with E-state index < -0.39 is 24.0 Å². The molecule has 0 unspecified atom stereocenters. The van der Waals surface area contributed by atoms with Crippen LogP contribution >= 0.6 is 0 Å². The maximum atomic E-state index is 12.0. The average molecular weight is 361 g/mol. The van der Waals surface area contributed by atoms with Crippen molar-refractivity contribution < 1.29 is 23.9 Å². The molecule has 8 heteroatoms. The molecule has 8 nitrogen and oxygen atoms in total. The summed E-state index contributed by atoms with van der Waals surface area (Å²) >= 11 is 0. The van der Waals surface area contributed by atoms with Gasteiger partial charge in [0.15, 0.2) is 0 Å². The monoisotopic (exact) mass is 361 g/mol. The smallest absolute Gasteiger partial charge is 0.328 e. The second kappa shape index (κ2) is 9.45. The predicted octanol–water partition coefficient (Wildman–Crippen LogP) is 1.50. The number of carbonyl (C=O) groups excluding carboxylic acids is 3. The third-order valence-electron chi connectivity index (χ3n) is 4.01. The number of hydrogen-bond donors (Lipinski definition) is 3. The Hall–Kier alpha value is -3.03. The number of amides is 2. The van der Waals surface area contributed by atoms with Crippen molar-refractivity contribution in [1.29, 1.82) is 0 Å². The molecule has 0 saturated heterocycles. The number of esters is 2. The van der Waals surface area contributed by atoms with Crippen molar-refractivity contribution in [3.8, 4) is 0 Å². The molecule has 0 aliphatic heterocycles. The van der Waals surface area contributed by atoms with Gasteiger partial charge in [0.2, 0.25) is 0 Å². The van der Waals surface area contributed by atoms with E-state index in [0.717, 1.165) is 16.5 Å². The molecule has 0 fully saturated rings. The van der Waals surface area contributed by atoms with Gasteiger partial charge >= 0.3 is 18.0 Å². The Morgan fingerprint density at radius 1 is 1.15 bits per heavy atom. The zero-order valence-electron chi connectivity index (χ0n) is 14.8. The Morgan fingerprint density at radius 2 is 1.92 bits per heavy atom. The van der Waals surface area contributed by atoms with Crippen molar-refractivity contribution in [3.05, 3.63) is 36.0 Å². The first-order chi connectivity index (χ1) is 12.5. The number of aromatic nitrogens is 1. The summed E-state index contributed by atoms with van der Waals surface area (Å²) in [6, 6.07) is 6.51. The molecule has 2 rings (SSSR count). The highest BCUT2D eigenvalue weighted by Gasteiger charge is 2.22.